The smallest absolute Gasteiger partial charge is 0.322 e. The Balaban J connectivity index is 3.15. The lowest BCUT2D eigenvalue weighted by Gasteiger charge is -2.14. The number of carbonyl (C=O) groups excluding carboxylic acids is 1. The number of halogens is 1. The van der Waals surface area contributed by atoms with Crippen LogP contribution in [0.25, 0.3) is 0 Å². The van der Waals surface area contributed by atoms with E-state index in [-0.39, 0.29) is 12.6 Å². The highest BCUT2D eigenvalue weighted by atomic mass is 79.9. The van der Waals surface area contributed by atoms with E-state index >= 15 is 0 Å². The maximum atomic E-state index is 11.4. The summed E-state index contributed by atoms with van der Waals surface area (Å²) in [6.45, 7) is 11.2. The summed E-state index contributed by atoms with van der Waals surface area (Å²) in [6.07, 6.45) is 1.70. The van der Waals surface area contributed by atoms with Crippen LogP contribution in [0, 0.1) is 0 Å². The predicted molar refractivity (Wildman–Crippen MR) is 87.4 cm³/mol. The summed E-state index contributed by atoms with van der Waals surface area (Å²) < 4.78 is 25.4. The minimum absolute atomic E-state index is 0.238. The lowest BCUT2D eigenvalue weighted by atomic mass is 10.2. The van der Waals surface area contributed by atoms with Crippen molar-refractivity contribution in [1.82, 2.24) is 0 Å². The molecule has 0 aliphatic carbocycles. The fourth-order valence-electron chi connectivity index (χ4n) is 1.19. The number of hydrogen-bond acceptors (Lipinski definition) is 6. The van der Waals surface area contributed by atoms with Crippen LogP contribution in [0.1, 0.15) is 13.8 Å². The second-order valence-corrected chi connectivity index (χ2v) is 6.79. The molecule has 0 fully saturated rings. The van der Waals surface area contributed by atoms with E-state index in [1.165, 1.54) is 0 Å². The van der Waals surface area contributed by atoms with Crippen LogP contribution < -0.4 is 0 Å². The zero-order chi connectivity index (χ0) is 16.7. The molecule has 0 aromatic rings. The number of esters is 1. The highest BCUT2D eigenvalue weighted by Crippen LogP contribution is 2.17. The van der Waals surface area contributed by atoms with Gasteiger partial charge < -0.3 is 23.7 Å². The largest absolute Gasteiger partial charge is 0.462 e. The van der Waals surface area contributed by atoms with Crippen molar-refractivity contribution in [2.24, 2.45) is 0 Å². The summed E-state index contributed by atoms with van der Waals surface area (Å²) in [7, 11) is 0. The molecular formula is C15H27BrO6. The summed E-state index contributed by atoms with van der Waals surface area (Å²) >= 11 is 3.23. The van der Waals surface area contributed by atoms with E-state index in [1.54, 1.807) is 19.9 Å². The van der Waals surface area contributed by atoms with Gasteiger partial charge in [-0.2, -0.15) is 0 Å². The van der Waals surface area contributed by atoms with Gasteiger partial charge in [0.05, 0.1) is 52.9 Å². The molecule has 0 heterocycles. The van der Waals surface area contributed by atoms with Gasteiger partial charge in [0.15, 0.2) is 0 Å². The topological polar surface area (TPSA) is 63.2 Å². The first-order chi connectivity index (χ1) is 10.5. The molecule has 0 unspecified atom stereocenters. The summed E-state index contributed by atoms with van der Waals surface area (Å²) in [5.74, 6) is -0.304. The average Bonchev–Trinajstić information content (AvgIpc) is 2.46. The Morgan fingerprint density at radius 3 is 1.73 bits per heavy atom. The Hall–Kier alpha value is -0.470. The molecule has 7 heteroatoms. The van der Waals surface area contributed by atoms with Gasteiger partial charge in [0.1, 0.15) is 10.9 Å². The van der Waals surface area contributed by atoms with Crippen LogP contribution in [0.3, 0.4) is 0 Å². The SMILES string of the molecule is C=CCOCCOCCOCCOCCOC(=O)C(C)(C)Br. The van der Waals surface area contributed by atoms with Crippen LogP contribution >= 0.6 is 15.9 Å². The van der Waals surface area contributed by atoms with E-state index < -0.39 is 4.32 Å². The zero-order valence-electron chi connectivity index (χ0n) is 13.5. The van der Waals surface area contributed by atoms with Gasteiger partial charge >= 0.3 is 5.97 Å². The minimum atomic E-state index is -0.660. The van der Waals surface area contributed by atoms with Crippen molar-refractivity contribution in [2.75, 3.05) is 59.5 Å². The number of rotatable bonds is 15. The van der Waals surface area contributed by atoms with Crippen molar-refractivity contribution < 1.29 is 28.5 Å². The van der Waals surface area contributed by atoms with E-state index in [0.717, 1.165) is 0 Å². The van der Waals surface area contributed by atoms with Crippen LogP contribution in [0.2, 0.25) is 0 Å². The first-order valence-corrected chi connectivity index (χ1v) is 8.05. The maximum Gasteiger partial charge on any atom is 0.322 e. The molecule has 0 spiro atoms. The predicted octanol–water partition coefficient (Wildman–Crippen LogP) is 1.96. The molecule has 130 valence electrons. The van der Waals surface area contributed by atoms with Crippen LogP contribution in [0.5, 0.6) is 0 Å². The molecular weight excluding hydrogens is 356 g/mol. The van der Waals surface area contributed by atoms with Crippen molar-refractivity contribution in [3.63, 3.8) is 0 Å². The monoisotopic (exact) mass is 382 g/mol. The molecule has 0 saturated carbocycles. The first-order valence-electron chi connectivity index (χ1n) is 7.26. The number of ether oxygens (including phenoxy) is 5. The van der Waals surface area contributed by atoms with E-state index in [4.69, 9.17) is 23.7 Å². The summed E-state index contributed by atoms with van der Waals surface area (Å²) in [5, 5.41) is 0. The maximum absolute atomic E-state index is 11.4. The van der Waals surface area contributed by atoms with E-state index in [1.807, 2.05) is 0 Å². The molecule has 0 aliphatic rings. The Morgan fingerprint density at radius 2 is 1.32 bits per heavy atom. The molecule has 0 atom stereocenters. The third-order valence-electron chi connectivity index (χ3n) is 2.30. The molecule has 6 nitrogen and oxygen atoms in total. The fourth-order valence-corrected chi connectivity index (χ4v) is 1.31. The number of hydrogen-bond donors (Lipinski definition) is 0. The van der Waals surface area contributed by atoms with Gasteiger partial charge in [0.25, 0.3) is 0 Å². The zero-order valence-corrected chi connectivity index (χ0v) is 15.1. The van der Waals surface area contributed by atoms with Crippen molar-refractivity contribution >= 4 is 21.9 Å². The lowest BCUT2D eigenvalue weighted by molar-refractivity contribution is -0.147. The van der Waals surface area contributed by atoms with Gasteiger partial charge in [0, 0.05) is 0 Å². The molecule has 0 rings (SSSR count). The summed E-state index contributed by atoms with van der Waals surface area (Å²) in [4.78, 5) is 11.4. The van der Waals surface area contributed by atoms with Gasteiger partial charge in [-0.1, -0.05) is 22.0 Å². The Bertz CT molecular complexity index is 290. The van der Waals surface area contributed by atoms with Gasteiger partial charge in [-0.25, -0.2) is 0 Å². The van der Waals surface area contributed by atoms with Gasteiger partial charge in [-0.05, 0) is 13.8 Å². The van der Waals surface area contributed by atoms with Crippen LogP contribution in [0.4, 0.5) is 0 Å². The molecule has 0 aromatic heterocycles. The Kier molecular flexibility index (Phi) is 13.8. The number of carbonyl (C=O) groups is 1. The number of alkyl halides is 1. The van der Waals surface area contributed by atoms with Crippen molar-refractivity contribution in [3.8, 4) is 0 Å². The molecule has 0 aromatic carbocycles. The molecule has 0 bridgehead atoms. The van der Waals surface area contributed by atoms with Crippen LogP contribution in [-0.2, 0) is 28.5 Å². The summed E-state index contributed by atoms with van der Waals surface area (Å²) in [6, 6.07) is 0. The van der Waals surface area contributed by atoms with E-state index in [0.29, 0.717) is 52.9 Å². The summed E-state index contributed by atoms with van der Waals surface area (Å²) in [5.41, 5.74) is 0. The Labute approximate surface area is 141 Å². The fraction of sp³-hybridized carbons (Fsp3) is 0.800. The molecule has 0 saturated heterocycles. The standard InChI is InChI=1S/C15H27BrO6/c1-4-5-18-6-7-19-8-9-20-10-11-21-12-13-22-14(17)15(2,3)16/h4H,1,5-13H2,2-3H3. The van der Waals surface area contributed by atoms with Crippen molar-refractivity contribution in [2.45, 2.75) is 18.2 Å². The van der Waals surface area contributed by atoms with Gasteiger partial charge in [0.2, 0.25) is 0 Å². The first kappa shape index (κ1) is 21.5. The average molecular weight is 383 g/mol. The van der Waals surface area contributed by atoms with Crippen molar-refractivity contribution in [1.29, 1.82) is 0 Å². The third kappa shape index (κ3) is 14.5. The molecule has 0 amide bonds. The van der Waals surface area contributed by atoms with Crippen LogP contribution in [-0.4, -0.2) is 69.8 Å². The highest BCUT2D eigenvalue weighted by molar-refractivity contribution is 9.10. The molecule has 22 heavy (non-hydrogen) atoms. The Morgan fingerprint density at radius 1 is 0.909 bits per heavy atom. The minimum Gasteiger partial charge on any atom is -0.462 e. The lowest BCUT2D eigenvalue weighted by Crippen LogP contribution is -2.27. The second kappa shape index (κ2) is 14.1. The molecule has 0 radical (unpaired) electrons. The second-order valence-electron chi connectivity index (χ2n) is 4.81. The van der Waals surface area contributed by atoms with Crippen LogP contribution in [0.15, 0.2) is 12.7 Å². The van der Waals surface area contributed by atoms with E-state index in [9.17, 15) is 4.79 Å². The van der Waals surface area contributed by atoms with Gasteiger partial charge in [-0.3, -0.25) is 4.79 Å². The highest BCUT2D eigenvalue weighted by Gasteiger charge is 2.25. The quantitative estimate of drug-likeness (QED) is 0.186. The van der Waals surface area contributed by atoms with E-state index in [2.05, 4.69) is 22.5 Å². The molecule has 0 N–H and O–H groups in total. The third-order valence-corrected chi connectivity index (χ3v) is 2.62. The normalized spacial score (nSPS) is 11.4. The van der Waals surface area contributed by atoms with Crippen molar-refractivity contribution in [3.05, 3.63) is 12.7 Å². The van der Waals surface area contributed by atoms with Gasteiger partial charge in [-0.15, -0.1) is 6.58 Å². The molecule has 0 aliphatic heterocycles.